The molecule has 1 aromatic rings. The number of hydrogen-bond acceptors (Lipinski definition) is 3. The van der Waals surface area contributed by atoms with Crippen LogP contribution >= 0.6 is 11.8 Å². The lowest BCUT2D eigenvalue weighted by Crippen LogP contribution is -2.29. The van der Waals surface area contributed by atoms with Crippen LogP contribution in [0.2, 0.25) is 0 Å². The first-order valence-electron chi connectivity index (χ1n) is 5.90. The van der Waals surface area contributed by atoms with Gasteiger partial charge >= 0.3 is 12.1 Å². The van der Waals surface area contributed by atoms with E-state index in [0.29, 0.717) is 0 Å². The van der Waals surface area contributed by atoms with E-state index in [0.717, 1.165) is 22.7 Å². The minimum Gasteiger partial charge on any atom is -0.481 e. The summed E-state index contributed by atoms with van der Waals surface area (Å²) in [4.78, 5) is 23.2. The molecule has 0 heterocycles. The zero-order chi connectivity index (χ0) is 16.0. The monoisotopic (exact) mass is 321 g/mol. The summed E-state index contributed by atoms with van der Waals surface area (Å²) in [5.41, 5.74) is -0.771. The number of aliphatic carboxylic acids is 1. The van der Waals surface area contributed by atoms with Crippen LogP contribution in [0.25, 0.3) is 0 Å². The van der Waals surface area contributed by atoms with Crippen LogP contribution < -0.4 is 0 Å². The molecule has 4 nitrogen and oxygen atoms in total. The van der Waals surface area contributed by atoms with Crippen LogP contribution in [0.5, 0.6) is 0 Å². The molecular formula is C13H14F3NO3S. The maximum Gasteiger partial charge on any atom is 0.416 e. The summed E-state index contributed by atoms with van der Waals surface area (Å²) in [5.74, 6) is -1.77. The second-order valence-electron chi connectivity index (χ2n) is 4.29. The first-order chi connectivity index (χ1) is 9.71. The van der Waals surface area contributed by atoms with Gasteiger partial charge in [0, 0.05) is 13.6 Å². The molecule has 1 aromatic carbocycles. The predicted octanol–water partition coefficient (Wildman–Crippen LogP) is 2.48. The SMILES string of the molecule is CN(Cc1ccccc1C(F)(F)F)C(=O)CSCC(=O)O. The van der Waals surface area contributed by atoms with E-state index in [9.17, 15) is 22.8 Å². The molecule has 116 valence electrons. The molecule has 0 radical (unpaired) electrons. The van der Waals surface area contributed by atoms with E-state index in [1.54, 1.807) is 0 Å². The number of alkyl halides is 3. The molecule has 0 saturated carbocycles. The van der Waals surface area contributed by atoms with Gasteiger partial charge in [-0.3, -0.25) is 9.59 Å². The number of benzene rings is 1. The summed E-state index contributed by atoms with van der Waals surface area (Å²) in [5, 5.41) is 8.46. The van der Waals surface area contributed by atoms with Gasteiger partial charge in [0.15, 0.2) is 0 Å². The minimum absolute atomic E-state index is 0.00378. The van der Waals surface area contributed by atoms with Crippen molar-refractivity contribution in [3.05, 3.63) is 35.4 Å². The topological polar surface area (TPSA) is 57.6 Å². The molecule has 0 fully saturated rings. The Morgan fingerprint density at radius 3 is 2.43 bits per heavy atom. The molecule has 0 aromatic heterocycles. The molecule has 0 unspecified atom stereocenters. The molecule has 21 heavy (non-hydrogen) atoms. The quantitative estimate of drug-likeness (QED) is 0.874. The Bertz CT molecular complexity index is 520. The first kappa shape index (κ1) is 17.4. The summed E-state index contributed by atoms with van der Waals surface area (Å²) in [6, 6.07) is 5.04. The van der Waals surface area contributed by atoms with Crippen molar-refractivity contribution in [3.63, 3.8) is 0 Å². The lowest BCUT2D eigenvalue weighted by atomic mass is 10.1. The molecule has 8 heteroatoms. The highest BCUT2D eigenvalue weighted by atomic mass is 32.2. The molecule has 1 amide bonds. The Balaban J connectivity index is 2.68. The van der Waals surface area contributed by atoms with Crippen LogP contribution in [-0.4, -0.2) is 40.4 Å². The third-order valence-corrected chi connectivity index (χ3v) is 3.51. The zero-order valence-corrected chi connectivity index (χ0v) is 12.0. The highest BCUT2D eigenvalue weighted by molar-refractivity contribution is 8.00. The van der Waals surface area contributed by atoms with Gasteiger partial charge in [0.25, 0.3) is 0 Å². The van der Waals surface area contributed by atoms with Crippen molar-refractivity contribution in [1.29, 1.82) is 0 Å². The summed E-state index contributed by atoms with van der Waals surface area (Å²) in [6.45, 7) is -0.178. The van der Waals surface area contributed by atoms with Crippen molar-refractivity contribution in [2.45, 2.75) is 12.7 Å². The molecule has 0 atom stereocenters. The molecule has 0 aliphatic rings. The van der Waals surface area contributed by atoms with Crippen molar-refractivity contribution >= 4 is 23.6 Å². The summed E-state index contributed by atoms with van der Waals surface area (Å²) in [6.07, 6.45) is -4.47. The molecule has 1 N–H and O–H groups in total. The van der Waals surface area contributed by atoms with Crippen LogP contribution in [0, 0.1) is 0 Å². The average Bonchev–Trinajstić information content (AvgIpc) is 2.37. The normalized spacial score (nSPS) is 11.2. The average molecular weight is 321 g/mol. The van der Waals surface area contributed by atoms with Crippen molar-refractivity contribution < 1.29 is 27.9 Å². The van der Waals surface area contributed by atoms with Gasteiger partial charge in [0.1, 0.15) is 0 Å². The molecule has 0 saturated heterocycles. The molecule has 0 aliphatic carbocycles. The fourth-order valence-corrected chi connectivity index (χ4v) is 2.29. The number of halogens is 3. The Labute approximate surface area is 123 Å². The highest BCUT2D eigenvalue weighted by Crippen LogP contribution is 2.32. The van der Waals surface area contributed by atoms with E-state index in [-0.39, 0.29) is 23.6 Å². The van der Waals surface area contributed by atoms with Crippen molar-refractivity contribution in [3.8, 4) is 0 Å². The van der Waals surface area contributed by atoms with Gasteiger partial charge in [-0.15, -0.1) is 11.8 Å². The van der Waals surface area contributed by atoms with Crippen LogP contribution in [0.4, 0.5) is 13.2 Å². The van der Waals surface area contributed by atoms with E-state index in [4.69, 9.17) is 5.11 Å². The van der Waals surface area contributed by atoms with E-state index in [2.05, 4.69) is 0 Å². The lowest BCUT2D eigenvalue weighted by Gasteiger charge is -2.20. The van der Waals surface area contributed by atoms with Crippen LogP contribution in [0.15, 0.2) is 24.3 Å². The van der Waals surface area contributed by atoms with E-state index in [1.165, 1.54) is 25.2 Å². The number of carbonyl (C=O) groups is 2. The summed E-state index contributed by atoms with van der Waals surface area (Å²) >= 11 is 0.905. The zero-order valence-electron chi connectivity index (χ0n) is 11.2. The third kappa shape index (κ3) is 5.66. The number of hydrogen-bond donors (Lipinski definition) is 1. The number of thioether (sulfide) groups is 1. The fourth-order valence-electron chi connectivity index (χ4n) is 1.61. The Morgan fingerprint density at radius 2 is 1.86 bits per heavy atom. The molecular weight excluding hydrogens is 307 g/mol. The van der Waals surface area contributed by atoms with E-state index >= 15 is 0 Å². The lowest BCUT2D eigenvalue weighted by molar-refractivity contribution is -0.139. The first-order valence-corrected chi connectivity index (χ1v) is 7.06. The maximum atomic E-state index is 12.8. The van der Waals surface area contributed by atoms with Gasteiger partial charge in [0.2, 0.25) is 5.91 Å². The number of carboxylic acids is 1. The van der Waals surface area contributed by atoms with Crippen molar-refractivity contribution in [2.24, 2.45) is 0 Å². The molecule has 1 rings (SSSR count). The molecule has 0 aliphatic heterocycles. The van der Waals surface area contributed by atoms with Gasteiger partial charge in [0.05, 0.1) is 17.1 Å². The number of carbonyl (C=O) groups excluding carboxylic acids is 1. The van der Waals surface area contributed by atoms with Crippen LogP contribution in [0.3, 0.4) is 0 Å². The third-order valence-electron chi connectivity index (χ3n) is 2.61. The number of carboxylic acid groups (broad SMARTS) is 1. The second kappa shape index (κ2) is 7.35. The number of rotatable bonds is 6. The molecule has 0 spiro atoms. The Morgan fingerprint density at radius 1 is 1.24 bits per heavy atom. The van der Waals surface area contributed by atoms with Crippen molar-refractivity contribution in [1.82, 2.24) is 4.90 Å². The summed E-state index contributed by atoms with van der Waals surface area (Å²) < 4.78 is 38.5. The number of nitrogens with zero attached hydrogens (tertiary/aromatic N) is 1. The maximum absolute atomic E-state index is 12.8. The summed E-state index contributed by atoms with van der Waals surface area (Å²) in [7, 11) is 1.39. The van der Waals surface area contributed by atoms with Crippen LogP contribution in [-0.2, 0) is 22.3 Å². The smallest absolute Gasteiger partial charge is 0.416 e. The van der Waals surface area contributed by atoms with Crippen molar-refractivity contribution in [2.75, 3.05) is 18.6 Å². The van der Waals surface area contributed by atoms with Gasteiger partial charge in [-0.05, 0) is 11.6 Å². The standard InChI is InChI=1S/C13H14F3NO3S/c1-17(11(18)7-21-8-12(19)20)6-9-4-2-3-5-10(9)13(14,15)16/h2-5H,6-8H2,1H3,(H,19,20). The Hall–Kier alpha value is -1.70. The number of amides is 1. The predicted molar refractivity (Wildman–Crippen MR) is 72.9 cm³/mol. The fraction of sp³-hybridized carbons (Fsp3) is 0.385. The largest absolute Gasteiger partial charge is 0.481 e. The Kier molecular flexibility index (Phi) is 6.07. The molecule has 0 bridgehead atoms. The van der Waals surface area contributed by atoms with E-state index in [1.807, 2.05) is 0 Å². The highest BCUT2D eigenvalue weighted by Gasteiger charge is 2.33. The van der Waals surface area contributed by atoms with Gasteiger partial charge in [-0.2, -0.15) is 13.2 Å². The van der Waals surface area contributed by atoms with E-state index < -0.39 is 23.6 Å². The second-order valence-corrected chi connectivity index (χ2v) is 5.28. The van der Waals surface area contributed by atoms with Gasteiger partial charge < -0.3 is 10.0 Å². The van der Waals surface area contributed by atoms with Crippen LogP contribution in [0.1, 0.15) is 11.1 Å². The minimum atomic E-state index is -4.47. The van der Waals surface area contributed by atoms with Gasteiger partial charge in [-0.25, -0.2) is 0 Å². The van der Waals surface area contributed by atoms with Gasteiger partial charge in [-0.1, -0.05) is 18.2 Å².